The van der Waals surface area contributed by atoms with Crippen molar-refractivity contribution >= 4 is 0 Å². The van der Waals surface area contributed by atoms with E-state index in [4.69, 9.17) is 0 Å². The van der Waals surface area contributed by atoms with Gasteiger partial charge in [-0.2, -0.15) is 0 Å². The van der Waals surface area contributed by atoms with Crippen LogP contribution in [0.3, 0.4) is 0 Å². The fourth-order valence-electron chi connectivity index (χ4n) is 3.35. The summed E-state index contributed by atoms with van der Waals surface area (Å²) in [7, 11) is 0. The van der Waals surface area contributed by atoms with E-state index in [1.807, 2.05) is 0 Å². The Labute approximate surface area is 83.1 Å². The van der Waals surface area contributed by atoms with Crippen molar-refractivity contribution in [2.24, 2.45) is 29.1 Å². The minimum atomic E-state index is 0.652. The summed E-state index contributed by atoms with van der Waals surface area (Å²) in [4.78, 5) is 0. The Morgan fingerprint density at radius 2 is 1.08 bits per heavy atom. The molecule has 0 N–H and O–H groups in total. The smallest absolute Gasteiger partial charge is 0.0297 e. The van der Waals surface area contributed by atoms with Crippen LogP contribution in [0.1, 0.15) is 53.4 Å². The second-order valence-corrected chi connectivity index (χ2v) is 6.37. The van der Waals surface area contributed by atoms with Gasteiger partial charge in [0.05, 0.1) is 0 Å². The fraction of sp³-hybridized carbons (Fsp3) is 1.00. The lowest BCUT2D eigenvalue weighted by molar-refractivity contribution is -0.0314. The van der Waals surface area contributed by atoms with E-state index in [1.165, 1.54) is 25.7 Å². The van der Waals surface area contributed by atoms with Crippen molar-refractivity contribution in [3.05, 3.63) is 0 Å². The van der Waals surface area contributed by atoms with Crippen LogP contribution in [0.15, 0.2) is 0 Å². The molecule has 2 saturated carbocycles. The zero-order valence-electron chi connectivity index (χ0n) is 9.64. The lowest BCUT2D eigenvalue weighted by atomic mass is 9.52. The molecule has 0 nitrogen and oxygen atoms in total. The van der Waals surface area contributed by atoms with E-state index >= 15 is 0 Å². The van der Waals surface area contributed by atoms with Crippen molar-refractivity contribution in [2.45, 2.75) is 53.4 Å². The summed E-state index contributed by atoms with van der Waals surface area (Å²) in [5.74, 6) is 4.11. The number of hydrogen-bond acceptors (Lipinski definition) is 0. The highest BCUT2D eigenvalue weighted by Gasteiger charge is 2.46. The van der Waals surface area contributed by atoms with Gasteiger partial charge in [0.2, 0.25) is 0 Å². The molecule has 0 bridgehead atoms. The van der Waals surface area contributed by atoms with Gasteiger partial charge in [-0.1, -0.05) is 27.7 Å². The number of rotatable bonds is 2. The first-order chi connectivity index (χ1) is 6.00. The lowest BCUT2D eigenvalue weighted by Gasteiger charge is -2.53. The maximum absolute atomic E-state index is 2.51. The molecule has 0 unspecified atom stereocenters. The molecule has 2 fully saturated rings. The molecule has 0 aliphatic heterocycles. The van der Waals surface area contributed by atoms with Crippen LogP contribution in [0.5, 0.6) is 0 Å². The van der Waals surface area contributed by atoms with Crippen LogP contribution < -0.4 is 0 Å². The number of hydrogen-bond donors (Lipinski definition) is 0. The molecule has 76 valence electrons. The van der Waals surface area contributed by atoms with Crippen molar-refractivity contribution in [3.8, 4) is 0 Å². The molecule has 2 rings (SSSR count). The summed E-state index contributed by atoms with van der Waals surface area (Å²) in [6.45, 7) is 9.83. The molecule has 2 aliphatic carbocycles. The monoisotopic (exact) mass is 180 g/mol. The molecule has 13 heavy (non-hydrogen) atoms. The molecule has 2 aliphatic rings. The van der Waals surface area contributed by atoms with Gasteiger partial charge in [0.1, 0.15) is 0 Å². The first kappa shape index (κ1) is 9.55. The maximum atomic E-state index is 2.51. The minimum absolute atomic E-state index is 0.652. The standard InChI is InChI=1S/C13H24/c1-9-5-11(6-9)13(3,4)12-7-10(2)8-12/h9-12H,5-8H2,1-4H3. The Bertz CT molecular complexity index is 160. The second kappa shape index (κ2) is 3.00. The summed E-state index contributed by atoms with van der Waals surface area (Å²) in [5, 5.41) is 0. The largest absolute Gasteiger partial charge is 0.0625 e. The van der Waals surface area contributed by atoms with Gasteiger partial charge in [-0.05, 0) is 54.8 Å². The summed E-state index contributed by atoms with van der Waals surface area (Å²) < 4.78 is 0. The first-order valence-corrected chi connectivity index (χ1v) is 6.00. The Balaban J connectivity index is 1.89. The van der Waals surface area contributed by atoms with Crippen LogP contribution in [0.2, 0.25) is 0 Å². The molecule has 0 aromatic rings. The Morgan fingerprint density at radius 1 is 0.769 bits per heavy atom. The first-order valence-electron chi connectivity index (χ1n) is 6.00. The molecule has 0 heteroatoms. The fourth-order valence-corrected chi connectivity index (χ4v) is 3.35. The Kier molecular flexibility index (Phi) is 2.20. The maximum Gasteiger partial charge on any atom is -0.0297 e. The lowest BCUT2D eigenvalue weighted by Crippen LogP contribution is -2.44. The Hall–Kier alpha value is 0. The van der Waals surface area contributed by atoms with Crippen LogP contribution in [0.4, 0.5) is 0 Å². The molecule has 0 radical (unpaired) electrons. The quantitative estimate of drug-likeness (QED) is 0.600. The van der Waals surface area contributed by atoms with Gasteiger partial charge in [0.15, 0.2) is 0 Å². The van der Waals surface area contributed by atoms with Crippen LogP contribution in [-0.4, -0.2) is 0 Å². The Morgan fingerprint density at radius 3 is 1.31 bits per heavy atom. The van der Waals surface area contributed by atoms with Gasteiger partial charge in [0, 0.05) is 0 Å². The zero-order chi connectivity index (χ0) is 9.64. The van der Waals surface area contributed by atoms with Crippen molar-refractivity contribution in [3.63, 3.8) is 0 Å². The molecule has 0 heterocycles. The van der Waals surface area contributed by atoms with Gasteiger partial charge < -0.3 is 0 Å². The average Bonchev–Trinajstić information content (AvgIpc) is 1.92. The highest BCUT2D eigenvalue weighted by molar-refractivity contribution is 4.96. The highest BCUT2D eigenvalue weighted by atomic mass is 14.5. The van der Waals surface area contributed by atoms with E-state index < -0.39 is 0 Å². The third-order valence-electron chi connectivity index (χ3n) is 4.85. The predicted molar refractivity (Wildman–Crippen MR) is 57.6 cm³/mol. The molecular weight excluding hydrogens is 156 g/mol. The molecule has 0 aromatic carbocycles. The topological polar surface area (TPSA) is 0 Å². The van der Waals surface area contributed by atoms with Crippen LogP contribution in [0, 0.1) is 29.1 Å². The second-order valence-electron chi connectivity index (χ2n) is 6.37. The third-order valence-corrected chi connectivity index (χ3v) is 4.85. The SMILES string of the molecule is CC1CC(C(C)(C)C2CC(C)C2)C1. The van der Waals surface area contributed by atoms with E-state index in [1.54, 1.807) is 0 Å². The van der Waals surface area contributed by atoms with Gasteiger partial charge in [-0.3, -0.25) is 0 Å². The molecule has 0 spiro atoms. The van der Waals surface area contributed by atoms with E-state index in [0.717, 1.165) is 23.7 Å². The van der Waals surface area contributed by atoms with Gasteiger partial charge >= 0.3 is 0 Å². The normalized spacial score (nSPS) is 45.2. The van der Waals surface area contributed by atoms with E-state index in [0.29, 0.717) is 5.41 Å². The highest BCUT2D eigenvalue weighted by Crippen LogP contribution is 2.55. The van der Waals surface area contributed by atoms with Crippen molar-refractivity contribution < 1.29 is 0 Å². The van der Waals surface area contributed by atoms with Gasteiger partial charge in [-0.15, -0.1) is 0 Å². The van der Waals surface area contributed by atoms with Crippen LogP contribution in [0.25, 0.3) is 0 Å². The summed E-state index contributed by atoms with van der Waals surface area (Å²) in [5.41, 5.74) is 0.652. The van der Waals surface area contributed by atoms with E-state index in [2.05, 4.69) is 27.7 Å². The molecule has 0 saturated heterocycles. The van der Waals surface area contributed by atoms with Crippen LogP contribution in [-0.2, 0) is 0 Å². The zero-order valence-corrected chi connectivity index (χ0v) is 9.64. The van der Waals surface area contributed by atoms with Crippen molar-refractivity contribution in [2.75, 3.05) is 0 Å². The third kappa shape index (κ3) is 1.53. The molecular formula is C13H24. The summed E-state index contributed by atoms with van der Waals surface area (Å²) >= 11 is 0. The molecule has 0 aromatic heterocycles. The van der Waals surface area contributed by atoms with Gasteiger partial charge in [0.25, 0.3) is 0 Å². The molecule has 0 atom stereocenters. The van der Waals surface area contributed by atoms with Crippen LogP contribution >= 0.6 is 0 Å². The van der Waals surface area contributed by atoms with E-state index in [9.17, 15) is 0 Å². The molecule has 0 amide bonds. The minimum Gasteiger partial charge on any atom is -0.0625 e. The summed E-state index contributed by atoms with van der Waals surface area (Å²) in [6, 6.07) is 0. The van der Waals surface area contributed by atoms with Crippen molar-refractivity contribution in [1.29, 1.82) is 0 Å². The van der Waals surface area contributed by atoms with Gasteiger partial charge in [-0.25, -0.2) is 0 Å². The average molecular weight is 180 g/mol. The van der Waals surface area contributed by atoms with Crippen molar-refractivity contribution in [1.82, 2.24) is 0 Å². The summed E-state index contributed by atoms with van der Waals surface area (Å²) in [6.07, 6.45) is 5.99. The predicted octanol–water partition coefficient (Wildman–Crippen LogP) is 4.10. The van der Waals surface area contributed by atoms with E-state index in [-0.39, 0.29) is 0 Å².